The molecule has 6 heteroatoms. The first-order valence-corrected chi connectivity index (χ1v) is 6.42. The van der Waals surface area contributed by atoms with Gasteiger partial charge in [-0.1, -0.05) is 6.42 Å². The third kappa shape index (κ3) is 2.53. The molecule has 1 aromatic heterocycles. The number of hydrogen-bond donors (Lipinski definition) is 2. The lowest BCUT2D eigenvalue weighted by Crippen LogP contribution is -2.44. The fourth-order valence-electron chi connectivity index (χ4n) is 2.26. The molecule has 2 N–H and O–H groups in total. The van der Waals surface area contributed by atoms with Crippen molar-refractivity contribution in [1.82, 2.24) is 20.0 Å². The number of aromatic amines is 1. The Labute approximate surface area is 106 Å². The zero-order chi connectivity index (χ0) is 12.2. The van der Waals surface area contributed by atoms with Crippen LogP contribution in [0.2, 0.25) is 0 Å². The van der Waals surface area contributed by atoms with Crippen LogP contribution >= 0.6 is 0 Å². The van der Waals surface area contributed by atoms with Crippen molar-refractivity contribution in [3.8, 4) is 0 Å². The Hall–Kier alpha value is -1.82. The number of hydrazine groups is 1. The quantitative estimate of drug-likeness (QED) is 0.828. The number of aliphatic imine (C=N–C) groups is 1. The lowest BCUT2D eigenvalue weighted by atomic mass is 10.2. The summed E-state index contributed by atoms with van der Waals surface area (Å²) >= 11 is 0. The molecule has 3 rings (SSSR count). The maximum atomic E-state index is 4.50. The average molecular weight is 246 g/mol. The van der Waals surface area contributed by atoms with Gasteiger partial charge in [-0.15, -0.1) is 0 Å². The Morgan fingerprint density at radius 3 is 2.78 bits per heavy atom. The second-order valence-electron chi connectivity index (χ2n) is 4.52. The van der Waals surface area contributed by atoms with Gasteiger partial charge in [-0.05, 0) is 18.9 Å². The smallest absolute Gasteiger partial charge is 0.205 e. The second-order valence-corrected chi connectivity index (χ2v) is 4.52. The maximum Gasteiger partial charge on any atom is 0.205 e. The summed E-state index contributed by atoms with van der Waals surface area (Å²) in [5.41, 5.74) is 0. The van der Waals surface area contributed by atoms with Crippen molar-refractivity contribution in [1.29, 1.82) is 0 Å². The molecule has 1 saturated heterocycles. The van der Waals surface area contributed by atoms with Crippen LogP contribution < -0.4 is 5.32 Å². The molecule has 0 spiro atoms. The first kappa shape index (κ1) is 11.3. The van der Waals surface area contributed by atoms with Gasteiger partial charge in [0.15, 0.2) is 0 Å². The summed E-state index contributed by atoms with van der Waals surface area (Å²) in [6, 6.07) is 0. The molecule has 0 aromatic carbocycles. The van der Waals surface area contributed by atoms with E-state index in [0.717, 1.165) is 24.9 Å². The predicted molar refractivity (Wildman–Crippen MR) is 70.9 cm³/mol. The third-order valence-corrected chi connectivity index (χ3v) is 3.23. The van der Waals surface area contributed by atoms with Crippen LogP contribution in [0.25, 0.3) is 0 Å². The molecule has 0 bridgehead atoms. The van der Waals surface area contributed by atoms with Crippen LogP contribution in [0.4, 0.5) is 5.95 Å². The number of nitrogens with zero attached hydrogens (tertiary/aromatic N) is 4. The lowest BCUT2D eigenvalue weighted by molar-refractivity contribution is 0.00568. The topological polar surface area (TPSA) is 59.5 Å². The number of imidazole rings is 1. The molecule has 2 aliphatic heterocycles. The van der Waals surface area contributed by atoms with Crippen LogP contribution in [0.5, 0.6) is 0 Å². The van der Waals surface area contributed by atoms with Crippen LogP contribution in [-0.4, -0.2) is 45.6 Å². The molecule has 1 fully saturated rings. The number of hydrogen-bond acceptors (Lipinski definition) is 5. The van der Waals surface area contributed by atoms with E-state index in [9.17, 15) is 0 Å². The molecule has 6 nitrogen and oxygen atoms in total. The van der Waals surface area contributed by atoms with Gasteiger partial charge in [0, 0.05) is 31.7 Å². The van der Waals surface area contributed by atoms with Crippen molar-refractivity contribution in [2.45, 2.75) is 19.3 Å². The Morgan fingerprint density at radius 1 is 1.22 bits per heavy atom. The maximum absolute atomic E-state index is 4.50. The Morgan fingerprint density at radius 2 is 2.11 bits per heavy atom. The van der Waals surface area contributed by atoms with Gasteiger partial charge in [-0.2, -0.15) is 0 Å². The van der Waals surface area contributed by atoms with E-state index in [-0.39, 0.29) is 0 Å². The second kappa shape index (κ2) is 5.22. The summed E-state index contributed by atoms with van der Waals surface area (Å²) in [6.07, 6.45) is 11.5. The molecule has 0 saturated carbocycles. The van der Waals surface area contributed by atoms with Crippen LogP contribution in [0, 0.1) is 0 Å². The average Bonchev–Trinajstić information content (AvgIpc) is 2.94. The number of nitrogens with one attached hydrogen (secondary N) is 2. The fraction of sp³-hybridized carbons (Fsp3) is 0.500. The van der Waals surface area contributed by atoms with Crippen LogP contribution in [0.15, 0.2) is 29.7 Å². The van der Waals surface area contributed by atoms with Crippen LogP contribution in [-0.2, 0) is 0 Å². The molecule has 96 valence electrons. The van der Waals surface area contributed by atoms with Crippen LogP contribution in [0.3, 0.4) is 0 Å². The molecule has 1 aromatic rings. The highest BCUT2D eigenvalue weighted by Gasteiger charge is 2.17. The highest BCUT2D eigenvalue weighted by Crippen LogP contribution is 2.13. The van der Waals surface area contributed by atoms with Crippen molar-refractivity contribution in [2.24, 2.45) is 4.99 Å². The summed E-state index contributed by atoms with van der Waals surface area (Å²) in [5, 5.41) is 7.69. The van der Waals surface area contributed by atoms with Gasteiger partial charge < -0.3 is 10.3 Å². The zero-order valence-electron chi connectivity index (χ0n) is 10.3. The number of aromatic nitrogens is 2. The highest BCUT2D eigenvalue weighted by atomic mass is 15.6. The van der Waals surface area contributed by atoms with Crippen molar-refractivity contribution in [2.75, 3.05) is 25.1 Å². The molecule has 0 aliphatic carbocycles. The standard InChI is InChI=1S/C12H18N6/c1-2-7-17(8-3-1)18-9-4-11(15-10-18)16-12-13-5-6-14-12/h4-6,9H,1-3,7-8,10H2,(H2,13,14,15,16). The van der Waals surface area contributed by atoms with Crippen molar-refractivity contribution in [3.63, 3.8) is 0 Å². The van der Waals surface area contributed by atoms with Crippen molar-refractivity contribution in [3.05, 3.63) is 24.7 Å². The van der Waals surface area contributed by atoms with Gasteiger partial charge in [0.1, 0.15) is 12.5 Å². The molecule has 2 aliphatic rings. The molecule has 3 heterocycles. The molecule has 0 radical (unpaired) electrons. The van der Waals surface area contributed by atoms with Gasteiger partial charge >= 0.3 is 0 Å². The number of anilines is 1. The molecule has 0 atom stereocenters. The molecule has 18 heavy (non-hydrogen) atoms. The van der Waals surface area contributed by atoms with E-state index < -0.39 is 0 Å². The fourth-order valence-corrected chi connectivity index (χ4v) is 2.26. The van der Waals surface area contributed by atoms with Crippen molar-refractivity contribution >= 4 is 11.8 Å². The van der Waals surface area contributed by atoms with Gasteiger partial charge in [0.2, 0.25) is 5.95 Å². The van der Waals surface area contributed by atoms with Gasteiger partial charge in [-0.25, -0.2) is 15.0 Å². The highest BCUT2D eigenvalue weighted by molar-refractivity contribution is 6.03. The zero-order valence-corrected chi connectivity index (χ0v) is 10.3. The SMILES string of the molecule is C1=CN(N2CCCCC2)CN=C1Nc1ncc[nH]1. The third-order valence-electron chi connectivity index (χ3n) is 3.23. The summed E-state index contributed by atoms with van der Waals surface area (Å²) < 4.78 is 0. The van der Waals surface area contributed by atoms with E-state index in [2.05, 4.69) is 36.5 Å². The number of amidine groups is 1. The van der Waals surface area contributed by atoms with Crippen molar-refractivity contribution < 1.29 is 0 Å². The molecule has 0 amide bonds. The molecular weight excluding hydrogens is 228 g/mol. The first-order chi connectivity index (χ1) is 8.92. The monoisotopic (exact) mass is 246 g/mol. The summed E-state index contributed by atoms with van der Waals surface area (Å²) in [5.74, 6) is 1.57. The van der Waals surface area contributed by atoms with E-state index in [1.54, 1.807) is 12.4 Å². The number of H-pyrrole nitrogens is 1. The van der Waals surface area contributed by atoms with Gasteiger partial charge in [0.05, 0.1) is 0 Å². The summed E-state index contributed by atoms with van der Waals surface area (Å²) in [6.45, 7) is 2.96. The molecule has 0 unspecified atom stereocenters. The van der Waals surface area contributed by atoms with Gasteiger partial charge in [0.25, 0.3) is 0 Å². The Kier molecular flexibility index (Phi) is 3.27. The van der Waals surface area contributed by atoms with E-state index in [1.807, 2.05) is 6.08 Å². The van der Waals surface area contributed by atoms with E-state index in [4.69, 9.17) is 0 Å². The predicted octanol–water partition coefficient (Wildman–Crippen LogP) is 1.41. The van der Waals surface area contributed by atoms with Crippen LogP contribution in [0.1, 0.15) is 19.3 Å². The van der Waals surface area contributed by atoms with E-state index >= 15 is 0 Å². The van der Waals surface area contributed by atoms with Gasteiger partial charge in [-0.3, -0.25) is 5.01 Å². The Balaban J connectivity index is 1.56. The molecular formula is C12H18N6. The minimum atomic E-state index is 0.680. The minimum absolute atomic E-state index is 0.680. The summed E-state index contributed by atoms with van der Waals surface area (Å²) in [7, 11) is 0. The summed E-state index contributed by atoms with van der Waals surface area (Å²) in [4.78, 5) is 11.6. The normalized spacial score (nSPS) is 20.9. The van der Waals surface area contributed by atoms with E-state index in [0.29, 0.717) is 6.67 Å². The van der Waals surface area contributed by atoms with E-state index in [1.165, 1.54) is 19.3 Å². The Bertz CT molecular complexity index is 429. The minimum Gasteiger partial charge on any atom is -0.331 e. The first-order valence-electron chi connectivity index (χ1n) is 6.42. The number of piperidine rings is 1. The largest absolute Gasteiger partial charge is 0.331 e. The number of rotatable bonds is 2. The lowest BCUT2D eigenvalue weighted by Gasteiger charge is -2.36.